The van der Waals surface area contributed by atoms with Crippen molar-refractivity contribution in [2.45, 2.75) is 52.4 Å². The summed E-state index contributed by atoms with van der Waals surface area (Å²) in [5, 5.41) is 0. The van der Waals surface area contributed by atoms with Gasteiger partial charge in [-0.2, -0.15) is 0 Å². The van der Waals surface area contributed by atoms with Crippen molar-refractivity contribution >= 4 is 0 Å². The minimum atomic E-state index is 1.15. The van der Waals surface area contributed by atoms with Crippen LogP contribution in [0.5, 0.6) is 0 Å². The van der Waals surface area contributed by atoms with Gasteiger partial charge in [-0.1, -0.05) is 38.7 Å². The summed E-state index contributed by atoms with van der Waals surface area (Å²) in [5.74, 6) is 0. The number of aryl methyl sites for hydroxylation is 2. The van der Waals surface area contributed by atoms with Gasteiger partial charge in [0, 0.05) is 11.9 Å². The van der Waals surface area contributed by atoms with Gasteiger partial charge in [0.05, 0.1) is 0 Å². The molecule has 0 saturated heterocycles. The summed E-state index contributed by atoms with van der Waals surface area (Å²) < 4.78 is 0. The number of pyridine rings is 1. The zero-order valence-electron chi connectivity index (χ0n) is 9.42. The lowest BCUT2D eigenvalue weighted by Gasteiger charge is -2.03. The predicted octanol–water partition coefficient (Wildman–Crippen LogP) is 3.90. The first-order valence-corrected chi connectivity index (χ1v) is 5.75. The van der Waals surface area contributed by atoms with Crippen molar-refractivity contribution in [1.29, 1.82) is 0 Å². The standard InChI is InChI=1S/C13H21N/c1-3-4-5-6-7-10-13-12(2)9-8-11-14-13/h8-9,11H,3-7,10H2,1-2H3. The summed E-state index contributed by atoms with van der Waals surface area (Å²) in [4.78, 5) is 4.40. The van der Waals surface area contributed by atoms with Crippen LogP contribution >= 0.6 is 0 Å². The lowest BCUT2D eigenvalue weighted by atomic mass is 10.1. The van der Waals surface area contributed by atoms with E-state index in [0.29, 0.717) is 0 Å². The third kappa shape index (κ3) is 3.91. The molecule has 1 aromatic heterocycles. The molecule has 0 aliphatic rings. The SMILES string of the molecule is CCCCCCCc1ncccc1C. The summed E-state index contributed by atoms with van der Waals surface area (Å²) in [6.45, 7) is 4.40. The molecule has 0 amide bonds. The van der Waals surface area contributed by atoms with E-state index in [1.807, 2.05) is 12.3 Å². The van der Waals surface area contributed by atoms with E-state index in [-0.39, 0.29) is 0 Å². The van der Waals surface area contributed by atoms with Crippen LogP contribution in [-0.4, -0.2) is 4.98 Å². The molecule has 0 aliphatic heterocycles. The van der Waals surface area contributed by atoms with Gasteiger partial charge in [0.1, 0.15) is 0 Å². The molecule has 0 radical (unpaired) electrons. The Labute approximate surface area is 87.6 Å². The van der Waals surface area contributed by atoms with Crippen LogP contribution in [0.1, 0.15) is 50.3 Å². The first kappa shape index (κ1) is 11.2. The van der Waals surface area contributed by atoms with Crippen LogP contribution in [-0.2, 0) is 6.42 Å². The molecule has 0 saturated carbocycles. The van der Waals surface area contributed by atoms with Crippen molar-refractivity contribution in [1.82, 2.24) is 4.98 Å². The first-order valence-electron chi connectivity index (χ1n) is 5.75. The van der Waals surface area contributed by atoms with Crippen molar-refractivity contribution < 1.29 is 0 Å². The van der Waals surface area contributed by atoms with Crippen LogP contribution < -0.4 is 0 Å². The highest BCUT2D eigenvalue weighted by molar-refractivity contribution is 5.17. The molecule has 0 aliphatic carbocycles. The normalized spacial score (nSPS) is 10.4. The van der Waals surface area contributed by atoms with E-state index in [2.05, 4.69) is 24.9 Å². The summed E-state index contributed by atoms with van der Waals surface area (Å²) in [7, 11) is 0. The zero-order chi connectivity index (χ0) is 10.2. The van der Waals surface area contributed by atoms with E-state index in [9.17, 15) is 0 Å². The number of unbranched alkanes of at least 4 members (excludes halogenated alkanes) is 4. The molecule has 78 valence electrons. The Bertz CT molecular complexity index is 255. The van der Waals surface area contributed by atoms with E-state index in [1.165, 1.54) is 43.4 Å². The molecule has 0 unspecified atom stereocenters. The van der Waals surface area contributed by atoms with Gasteiger partial charge in [-0.05, 0) is 31.4 Å². The quantitative estimate of drug-likeness (QED) is 0.621. The summed E-state index contributed by atoms with van der Waals surface area (Å²) >= 11 is 0. The van der Waals surface area contributed by atoms with Crippen LogP contribution in [0.2, 0.25) is 0 Å². The van der Waals surface area contributed by atoms with Gasteiger partial charge < -0.3 is 0 Å². The lowest BCUT2D eigenvalue weighted by Crippen LogP contribution is -1.93. The maximum atomic E-state index is 4.40. The highest BCUT2D eigenvalue weighted by Crippen LogP contribution is 2.09. The van der Waals surface area contributed by atoms with Crippen molar-refractivity contribution in [3.8, 4) is 0 Å². The Morgan fingerprint density at radius 1 is 1.14 bits per heavy atom. The molecule has 1 nitrogen and oxygen atoms in total. The van der Waals surface area contributed by atoms with Gasteiger partial charge in [0.25, 0.3) is 0 Å². The fourth-order valence-corrected chi connectivity index (χ4v) is 1.68. The lowest BCUT2D eigenvalue weighted by molar-refractivity contribution is 0.627. The molecule has 0 N–H and O–H groups in total. The maximum Gasteiger partial charge on any atom is 0.0432 e. The van der Waals surface area contributed by atoms with Crippen LogP contribution in [0.15, 0.2) is 18.3 Å². The molecule has 0 aromatic carbocycles. The average Bonchev–Trinajstić information content (AvgIpc) is 2.20. The van der Waals surface area contributed by atoms with Crippen molar-refractivity contribution in [2.75, 3.05) is 0 Å². The molecule has 14 heavy (non-hydrogen) atoms. The van der Waals surface area contributed by atoms with Gasteiger partial charge in [0.2, 0.25) is 0 Å². The molecular weight excluding hydrogens is 170 g/mol. The molecule has 0 fully saturated rings. The summed E-state index contributed by atoms with van der Waals surface area (Å²) in [6.07, 6.45) is 9.76. The average molecular weight is 191 g/mol. The Morgan fingerprint density at radius 2 is 1.93 bits per heavy atom. The number of aromatic nitrogens is 1. The third-order valence-corrected chi connectivity index (χ3v) is 2.63. The number of nitrogens with zero attached hydrogens (tertiary/aromatic N) is 1. The Balaban J connectivity index is 2.21. The van der Waals surface area contributed by atoms with Crippen LogP contribution in [0, 0.1) is 6.92 Å². The minimum absolute atomic E-state index is 1.15. The van der Waals surface area contributed by atoms with Crippen LogP contribution in [0.3, 0.4) is 0 Å². The monoisotopic (exact) mass is 191 g/mol. The second-order valence-corrected chi connectivity index (χ2v) is 3.93. The molecule has 1 heterocycles. The molecule has 0 atom stereocenters. The van der Waals surface area contributed by atoms with Gasteiger partial charge >= 0.3 is 0 Å². The van der Waals surface area contributed by atoms with Gasteiger partial charge in [-0.25, -0.2) is 0 Å². The number of hydrogen-bond acceptors (Lipinski definition) is 1. The fourth-order valence-electron chi connectivity index (χ4n) is 1.68. The summed E-state index contributed by atoms with van der Waals surface area (Å²) in [6, 6.07) is 4.16. The van der Waals surface area contributed by atoms with Crippen LogP contribution in [0.25, 0.3) is 0 Å². The highest BCUT2D eigenvalue weighted by atomic mass is 14.7. The second kappa shape index (κ2) is 6.58. The van der Waals surface area contributed by atoms with Gasteiger partial charge in [-0.3, -0.25) is 4.98 Å². The number of hydrogen-bond donors (Lipinski definition) is 0. The Hall–Kier alpha value is -0.850. The maximum absolute atomic E-state index is 4.40. The van der Waals surface area contributed by atoms with Crippen molar-refractivity contribution in [3.05, 3.63) is 29.6 Å². The van der Waals surface area contributed by atoms with Crippen molar-refractivity contribution in [2.24, 2.45) is 0 Å². The number of rotatable bonds is 6. The molecule has 0 spiro atoms. The molecule has 1 rings (SSSR count). The smallest absolute Gasteiger partial charge is 0.0432 e. The second-order valence-electron chi connectivity index (χ2n) is 3.93. The summed E-state index contributed by atoms with van der Waals surface area (Å²) in [5.41, 5.74) is 2.62. The fraction of sp³-hybridized carbons (Fsp3) is 0.615. The highest BCUT2D eigenvalue weighted by Gasteiger charge is 1.97. The van der Waals surface area contributed by atoms with E-state index in [0.717, 1.165) is 6.42 Å². The predicted molar refractivity (Wildman–Crippen MR) is 61.4 cm³/mol. The largest absolute Gasteiger partial charge is 0.261 e. The van der Waals surface area contributed by atoms with E-state index in [4.69, 9.17) is 0 Å². The first-order chi connectivity index (χ1) is 6.84. The zero-order valence-corrected chi connectivity index (χ0v) is 9.42. The van der Waals surface area contributed by atoms with Crippen molar-refractivity contribution in [3.63, 3.8) is 0 Å². The van der Waals surface area contributed by atoms with E-state index < -0.39 is 0 Å². The third-order valence-electron chi connectivity index (χ3n) is 2.63. The molecular formula is C13H21N. The topological polar surface area (TPSA) is 12.9 Å². The van der Waals surface area contributed by atoms with E-state index >= 15 is 0 Å². The minimum Gasteiger partial charge on any atom is -0.261 e. The van der Waals surface area contributed by atoms with Gasteiger partial charge in [-0.15, -0.1) is 0 Å². The molecule has 0 bridgehead atoms. The van der Waals surface area contributed by atoms with Gasteiger partial charge in [0.15, 0.2) is 0 Å². The Kier molecular flexibility index (Phi) is 5.28. The Morgan fingerprint density at radius 3 is 2.64 bits per heavy atom. The van der Waals surface area contributed by atoms with E-state index in [1.54, 1.807) is 0 Å². The van der Waals surface area contributed by atoms with Crippen LogP contribution in [0.4, 0.5) is 0 Å². The molecule has 1 aromatic rings. The molecule has 1 heteroatoms.